The van der Waals surface area contributed by atoms with Gasteiger partial charge in [-0.2, -0.15) is 0 Å². The molecule has 28 heavy (non-hydrogen) atoms. The average Bonchev–Trinajstić information content (AvgIpc) is 3.46. The molecule has 0 aliphatic carbocycles. The number of carbonyl (C=O) groups is 2. The van der Waals surface area contributed by atoms with Crippen LogP contribution in [0.2, 0.25) is 0 Å². The van der Waals surface area contributed by atoms with E-state index >= 15 is 0 Å². The van der Waals surface area contributed by atoms with Crippen LogP contribution in [0.15, 0.2) is 41.1 Å². The van der Waals surface area contributed by atoms with Crippen LogP contribution in [0, 0.1) is 0 Å². The molecule has 0 saturated carbocycles. The molecule has 4 rings (SSSR count). The molecule has 1 aromatic carbocycles. The Hall–Kier alpha value is -3.13. The van der Waals surface area contributed by atoms with Gasteiger partial charge < -0.3 is 24.8 Å². The van der Waals surface area contributed by atoms with Gasteiger partial charge in [0.05, 0.1) is 13.2 Å². The van der Waals surface area contributed by atoms with Crippen LogP contribution in [-0.4, -0.2) is 41.5 Å². The van der Waals surface area contributed by atoms with E-state index in [4.69, 9.17) is 9.15 Å². The number of fused-ring (bicyclic) bond motifs is 1. The predicted molar refractivity (Wildman–Crippen MR) is 102 cm³/mol. The van der Waals surface area contributed by atoms with Crippen LogP contribution in [0.5, 0.6) is 0 Å². The molecule has 0 radical (unpaired) electrons. The van der Waals surface area contributed by atoms with Gasteiger partial charge in [0.2, 0.25) is 5.89 Å². The van der Waals surface area contributed by atoms with E-state index in [-0.39, 0.29) is 11.7 Å². The van der Waals surface area contributed by atoms with Gasteiger partial charge in [0, 0.05) is 23.5 Å². The predicted octanol–water partition coefficient (Wildman–Crippen LogP) is 2.09. The lowest BCUT2D eigenvalue weighted by Crippen LogP contribution is -2.43. The minimum absolute atomic E-state index is 0.0316. The van der Waals surface area contributed by atoms with Crippen LogP contribution in [-0.2, 0) is 16.0 Å². The largest absolute Gasteiger partial charge is 0.467 e. The Labute approximate surface area is 161 Å². The second-order valence-corrected chi connectivity index (χ2v) is 6.83. The summed E-state index contributed by atoms with van der Waals surface area (Å²) >= 11 is 0. The van der Waals surface area contributed by atoms with Gasteiger partial charge in [-0.1, -0.05) is 18.2 Å². The maximum Gasteiger partial charge on any atom is 0.328 e. The number of rotatable bonds is 6. The minimum atomic E-state index is -0.832. The van der Waals surface area contributed by atoms with Gasteiger partial charge in [0.1, 0.15) is 12.3 Å². The molecule has 3 heterocycles. The van der Waals surface area contributed by atoms with Crippen LogP contribution in [0.25, 0.3) is 10.9 Å². The van der Waals surface area contributed by atoms with Gasteiger partial charge in [-0.25, -0.2) is 9.78 Å². The summed E-state index contributed by atoms with van der Waals surface area (Å²) in [5.41, 5.74) is 2.04. The van der Waals surface area contributed by atoms with Gasteiger partial charge in [-0.05, 0) is 31.0 Å². The number of amides is 1. The number of nitrogens with one attached hydrogen (secondary N) is 3. The Bertz CT molecular complexity index is 987. The molecule has 8 nitrogen and oxygen atoms in total. The van der Waals surface area contributed by atoms with Gasteiger partial charge in [0.15, 0.2) is 5.69 Å². The molecule has 146 valence electrons. The third kappa shape index (κ3) is 3.63. The lowest BCUT2D eigenvalue weighted by Gasteiger charge is -2.15. The molecule has 3 N–H and O–H groups in total. The molecule has 8 heteroatoms. The van der Waals surface area contributed by atoms with E-state index in [0.717, 1.165) is 35.9 Å². The molecule has 2 unspecified atom stereocenters. The topological polar surface area (TPSA) is 109 Å². The molecule has 1 amide bonds. The number of methoxy groups -OCH3 is 1. The molecule has 2 atom stereocenters. The molecule has 3 aromatic rings. The van der Waals surface area contributed by atoms with Gasteiger partial charge in [-0.15, -0.1) is 0 Å². The zero-order valence-corrected chi connectivity index (χ0v) is 15.5. The normalized spacial score (nSPS) is 17.5. The number of benzene rings is 1. The Kier molecular flexibility index (Phi) is 5.12. The number of hydrogen-bond acceptors (Lipinski definition) is 6. The first-order valence-electron chi connectivity index (χ1n) is 9.28. The Balaban J connectivity index is 1.50. The quantitative estimate of drug-likeness (QED) is 0.563. The zero-order valence-electron chi connectivity index (χ0n) is 15.5. The molecular formula is C20H22N4O4. The number of aromatic nitrogens is 2. The van der Waals surface area contributed by atoms with Crippen LogP contribution in [0.1, 0.15) is 40.8 Å². The van der Waals surface area contributed by atoms with Crippen LogP contribution >= 0.6 is 0 Å². The monoisotopic (exact) mass is 382 g/mol. The van der Waals surface area contributed by atoms with Crippen molar-refractivity contribution < 1.29 is 18.7 Å². The number of nitrogens with zero attached hydrogens (tertiary/aromatic N) is 1. The molecule has 0 spiro atoms. The lowest BCUT2D eigenvalue weighted by atomic mass is 10.0. The Morgan fingerprint density at radius 1 is 1.39 bits per heavy atom. The zero-order chi connectivity index (χ0) is 19.5. The smallest absolute Gasteiger partial charge is 0.328 e. The number of aromatic amines is 1. The molecule has 2 aromatic heterocycles. The van der Waals surface area contributed by atoms with Gasteiger partial charge >= 0.3 is 5.97 Å². The van der Waals surface area contributed by atoms with Crippen LogP contribution in [0.4, 0.5) is 0 Å². The van der Waals surface area contributed by atoms with E-state index in [9.17, 15) is 9.59 Å². The molecule has 1 fully saturated rings. The fourth-order valence-electron chi connectivity index (χ4n) is 3.54. The van der Waals surface area contributed by atoms with Crippen molar-refractivity contribution in [2.75, 3.05) is 13.7 Å². The molecule has 1 aliphatic rings. The summed E-state index contributed by atoms with van der Waals surface area (Å²) in [4.78, 5) is 32.3. The van der Waals surface area contributed by atoms with E-state index in [1.807, 2.05) is 30.5 Å². The summed E-state index contributed by atoms with van der Waals surface area (Å²) in [5, 5.41) is 7.00. The van der Waals surface area contributed by atoms with Crippen molar-refractivity contribution in [2.24, 2.45) is 0 Å². The lowest BCUT2D eigenvalue weighted by molar-refractivity contribution is -0.142. The fraction of sp³-hybridized carbons (Fsp3) is 0.350. The van der Waals surface area contributed by atoms with Crippen molar-refractivity contribution in [2.45, 2.75) is 31.3 Å². The van der Waals surface area contributed by atoms with E-state index in [2.05, 4.69) is 20.6 Å². The summed E-state index contributed by atoms with van der Waals surface area (Å²) < 4.78 is 10.3. The van der Waals surface area contributed by atoms with Crippen LogP contribution in [0.3, 0.4) is 0 Å². The number of oxazole rings is 1. The van der Waals surface area contributed by atoms with Gasteiger partial charge in [-0.3, -0.25) is 4.79 Å². The number of carbonyl (C=O) groups excluding carboxylic acids is 2. The van der Waals surface area contributed by atoms with E-state index in [1.165, 1.54) is 13.4 Å². The van der Waals surface area contributed by atoms with Crippen molar-refractivity contribution in [3.8, 4) is 0 Å². The fourth-order valence-corrected chi connectivity index (χ4v) is 3.54. The first kappa shape index (κ1) is 18.2. The van der Waals surface area contributed by atoms with E-state index < -0.39 is 17.9 Å². The highest BCUT2D eigenvalue weighted by Gasteiger charge is 2.27. The first-order chi connectivity index (χ1) is 13.7. The summed E-state index contributed by atoms with van der Waals surface area (Å²) in [7, 11) is 1.30. The highest BCUT2D eigenvalue weighted by Crippen LogP contribution is 2.22. The number of para-hydroxylation sites is 1. The third-order valence-electron chi connectivity index (χ3n) is 5.00. The first-order valence-corrected chi connectivity index (χ1v) is 9.28. The summed E-state index contributed by atoms with van der Waals surface area (Å²) in [6.45, 7) is 0.906. The molecule has 1 saturated heterocycles. The van der Waals surface area contributed by atoms with Crippen molar-refractivity contribution >= 4 is 22.8 Å². The highest BCUT2D eigenvalue weighted by molar-refractivity contribution is 5.95. The number of ether oxygens (including phenoxy) is 1. The van der Waals surface area contributed by atoms with Crippen molar-refractivity contribution in [1.82, 2.24) is 20.6 Å². The van der Waals surface area contributed by atoms with Crippen molar-refractivity contribution in [1.29, 1.82) is 0 Å². The second-order valence-electron chi connectivity index (χ2n) is 6.83. The Morgan fingerprint density at radius 2 is 2.25 bits per heavy atom. The third-order valence-corrected chi connectivity index (χ3v) is 5.00. The number of esters is 1. The molecule has 1 aliphatic heterocycles. The summed E-state index contributed by atoms with van der Waals surface area (Å²) in [6.07, 6.45) is 5.44. The molecular weight excluding hydrogens is 360 g/mol. The summed E-state index contributed by atoms with van der Waals surface area (Å²) in [5.74, 6) is -0.489. The van der Waals surface area contributed by atoms with E-state index in [0.29, 0.717) is 12.3 Å². The van der Waals surface area contributed by atoms with Crippen LogP contribution < -0.4 is 10.6 Å². The van der Waals surface area contributed by atoms with Gasteiger partial charge in [0.25, 0.3) is 5.91 Å². The van der Waals surface area contributed by atoms with Crippen molar-refractivity contribution in [3.63, 3.8) is 0 Å². The maximum atomic E-state index is 12.6. The standard InChI is InChI=1S/C20H22N4O4/c1-27-20(26)16(9-12-10-22-14-6-3-2-5-13(12)14)23-18(25)17-11-28-19(24-17)15-7-4-8-21-15/h2-3,5-6,10-11,15-16,21-22H,4,7-9H2,1H3,(H,23,25). The number of H-pyrrole nitrogens is 1. The average molecular weight is 382 g/mol. The van der Waals surface area contributed by atoms with Crippen molar-refractivity contribution in [3.05, 3.63) is 53.9 Å². The second kappa shape index (κ2) is 7.85. The SMILES string of the molecule is COC(=O)C(Cc1c[nH]c2ccccc12)NC(=O)c1coc(C2CCCN2)n1. The number of hydrogen-bond donors (Lipinski definition) is 3. The minimum Gasteiger partial charge on any atom is -0.467 e. The summed E-state index contributed by atoms with van der Waals surface area (Å²) in [6, 6.07) is 6.99. The van der Waals surface area contributed by atoms with E-state index in [1.54, 1.807) is 0 Å². The molecule has 0 bridgehead atoms. The Morgan fingerprint density at radius 3 is 3.04 bits per heavy atom. The maximum absolute atomic E-state index is 12.6. The highest BCUT2D eigenvalue weighted by atomic mass is 16.5.